The molecule has 1 aromatic heterocycles. The molecular weight excluding hydrogens is 256 g/mol. The van der Waals surface area contributed by atoms with Gasteiger partial charge in [0.25, 0.3) is 5.56 Å². The standard InChI is InChI=1S/C11H16N2O6/c1-18-7-4-9(19-11(7,5-14)6-15)13-3-2-8(16)12-10(13)17/h2-3,7,9,14-15H,4-6H2,1H3,(H,12,16,17)/t7-,9+/m0/s1. The molecule has 0 bridgehead atoms. The minimum Gasteiger partial charge on any atom is -0.393 e. The topological polar surface area (TPSA) is 114 Å². The summed E-state index contributed by atoms with van der Waals surface area (Å²) in [6.45, 7) is -0.868. The third-order valence-electron chi connectivity index (χ3n) is 3.35. The highest BCUT2D eigenvalue weighted by Crippen LogP contribution is 2.37. The van der Waals surface area contributed by atoms with Crippen molar-refractivity contribution in [3.8, 4) is 0 Å². The highest BCUT2D eigenvalue weighted by atomic mass is 16.6. The van der Waals surface area contributed by atoms with Crippen LogP contribution in [0, 0.1) is 0 Å². The maximum atomic E-state index is 11.7. The van der Waals surface area contributed by atoms with Gasteiger partial charge in [-0.3, -0.25) is 14.3 Å². The van der Waals surface area contributed by atoms with Crippen molar-refractivity contribution >= 4 is 0 Å². The van der Waals surface area contributed by atoms with E-state index in [4.69, 9.17) is 9.47 Å². The van der Waals surface area contributed by atoms with Gasteiger partial charge < -0.3 is 19.7 Å². The van der Waals surface area contributed by atoms with Crippen molar-refractivity contribution in [2.45, 2.75) is 24.4 Å². The van der Waals surface area contributed by atoms with Gasteiger partial charge in [-0.05, 0) is 0 Å². The number of rotatable bonds is 4. The molecule has 0 amide bonds. The Morgan fingerprint density at radius 1 is 1.53 bits per heavy atom. The number of hydrogen-bond donors (Lipinski definition) is 3. The lowest BCUT2D eigenvalue weighted by atomic mass is 9.99. The molecule has 0 spiro atoms. The number of aliphatic hydroxyl groups excluding tert-OH is 2. The summed E-state index contributed by atoms with van der Waals surface area (Å²) in [4.78, 5) is 24.8. The van der Waals surface area contributed by atoms with E-state index < -0.39 is 42.4 Å². The van der Waals surface area contributed by atoms with Gasteiger partial charge in [-0.1, -0.05) is 0 Å². The molecule has 3 N–H and O–H groups in total. The Morgan fingerprint density at radius 3 is 2.68 bits per heavy atom. The largest absolute Gasteiger partial charge is 0.393 e. The van der Waals surface area contributed by atoms with Crippen molar-refractivity contribution in [2.75, 3.05) is 20.3 Å². The van der Waals surface area contributed by atoms with Crippen molar-refractivity contribution in [3.63, 3.8) is 0 Å². The van der Waals surface area contributed by atoms with Crippen LogP contribution in [0.4, 0.5) is 0 Å². The van der Waals surface area contributed by atoms with E-state index in [0.717, 1.165) is 0 Å². The normalized spacial score (nSPS) is 25.6. The zero-order valence-corrected chi connectivity index (χ0v) is 10.4. The quantitative estimate of drug-likeness (QED) is 0.595. The fourth-order valence-corrected chi connectivity index (χ4v) is 2.26. The van der Waals surface area contributed by atoms with Gasteiger partial charge in [0, 0.05) is 25.8 Å². The Morgan fingerprint density at radius 2 is 2.21 bits per heavy atom. The zero-order valence-electron chi connectivity index (χ0n) is 10.4. The molecule has 0 radical (unpaired) electrons. The number of aromatic nitrogens is 2. The van der Waals surface area contributed by atoms with Gasteiger partial charge >= 0.3 is 5.69 Å². The molecule has 2 heterocycles. The van der Waals surface area contributed by atoms with E-state index in [-0.39, 0.29) is 6.42 Å². The van der Waals surface area contributed by atoms with Crippen LogP contribution in [0.3, 0.4) is 0 Å². The number of nitrogens with zero attached hydrogens (tertiary/aromatic N) is 1. The minimum absolute atomic E-state index is 0.281. The molecule has 19 heavy (non-hydrogen) atoms. The fraction of sp³-hybridized carbons (Fsp3) is 0.636. The van der Waals surface area contributed by atoms with Gasteiger partial charge in [0.15, 0.2) is 0 Å². The van der Waals surface area contributed by atoms with E-state index >= 15 is 0 Å². The van der Waals surface area contributed by atoms with Gasteiger partial charge in [0.1, 0.15) is 11.8 Å². The first-order chi connectivity index (χ1) is 9.06. The first-order valence-corrected chi connectivity index (χ1v) is 5.80. The molecule has 2 rings (SSSR count). The maximum absolute atomic E-state index is 11.7. The second-order valence-electron chi connectivity index (χ2n) is 4.43. The molecule has 2 atom stereocenters. The minimum atomic E-state index is -1.25. The van der Waals surface area contributed by atoms with Crippen molar-refractivity contribution in [2.24, 2.45) is 0 Å². The van der Waals surface area contributed by atoms with E-state index in [1.807, 2.05) is 0 Å². The lowest BCUT2D eigenvalue weighted by molar-refractivity contribution is -0.156. The maximum Gasteiger partial charge on any atom is 0.330 e. The van der Waals surface area contributed by atoms with E-state index in [1.54, 1.807) is 0 Å². The molecule has 0 saturated carbocycles. The van der Waals surface area contributed by atoms with Crippen LogP contribution in [-0.4, -0.2) is 51.8 Å². The summed E-state index contributed by atoms with van der Waals surface area (Å²) < 4.78 is 12.0. The lowest BCUT2D eigenvalue weighted by Crippen LogP contribution is -2.47. The van der Waals surface area contributed by atoms with Gasteiger partial charge in [-0.15, -0.1) is 0 Å². The SMILES string of the molecule is CO[C@H]1C[C@H](n2ccc(=O)[nH]c2=O)OC1(CO)CO. The summed E-state index contributed by atoms with van der Waals surface area (Å²) in [6, 6.07) is 1.20. The first-order valence-electron chi connectivity index (χ1n) is 5.80. The highest BCUT2D eigenvalue weighted by Gasteiger charge is 2.49. The van der Waals surface area contributed by atoms with Crippen LogP contribution >= 0.6 is 0 Å². The van der Waals surface area contributed by atoms with Crippen LogP contribution in [0.5, 0.6) is 0 Å². The molecule has 1 saturated heterocycles. The Bertz CT molecular complexity index is 547. The molecule has 1 aliphatic heterocycles. The van der Waals surface area contributed by atoms with Gasteiger partial charge in [0.05, 0.1) is 19.3 Å². The van der Waals surface area contributed by atoms with Crippen LogP contribution in [0.1, 0.15) is 12.6 Å². The fourth-order valence-electron chi connectivity index (χ4n) is 2.26. The Kier molecular flexibility index (Phi) is 3.85. The van der Waals surface area contributed by atoms with Crippen LogP contribution < -0.4 is 11.2 Å². The second-order valence-corrected chi connectivity index (χ2v) is 4.43. The molecule has 1 aromatic rings. The van der Waals surface area contributed by atoms with E-state index in [2.05, 4.69) is 4.98 Å². The van der Waals surface area contributed by atoms with Gasteiger partial charge in [-0.25, -0.2) is 4.79 Å². The number of nitrogens with one attached hydrogen (secondary N) is 1. The van der Waals surface area contributed by atoms with Crippen LogP contribution in [0.15, 0.2) is 21.9 Å². The molecule has 106 valence electrons. The van der Waals surface area contributed by atoms with Crippen molar-refractivity contribution in [3.05, 3.63) is 33.1 Å². The van der Waals surface area contributed by atoms with E-state index in [9.17, 15) is 19.8 Å². The summed E-state index contributed by atoms with van der Waals surface area (Å²) >= 11 is 0. The summed E-state index contributed by atoms with van der Waals surface area (Å²) in [5, 5.41) is 18.8. The summed E-state index contributed by atoms with van der Waals surface area (Å²) in [5.41, 5.74) is -2.37. The molecule has 0 unspecified atom stereocenters. The number of methoxy groups -OCH3 is 1. The molecule has 8 nitrogen and oxygen atoms in total. The molecule has 0 aromatic carbocycles. The third-order valence-corrected chi connectivity index (χ3v) is 3.35. The van der Waals surface area contributed by atoms with Crippen LogP contribution in [0.2, 0.25) is 0 Å². The smallest absolute Gasteiger partial charge is 0.330 e. The summed E-state index contributed by atoms with van der Waals surface area (Å²) in [7, 11) is 1.44. The molecule has 1 fully saturated rings. The number of aliphatic hydroxyl groups is 2. The van der Waals surface area contributed by atoms with Gasteiger partial charge in [0.2, 0.25) is 0 Å². The molecule has 0 aliphatic carbocycles. The number of ether oxygens (including phenoxy) is 2. The Hall–Kier alpha value is -1.48. The van der Waals surface area contributed by atoms with Crippen LogP contribution in [0.25, 0.3) is 0 Å². The van der Waals surface area contributed by atoms with Crippen LogP contribution in [-0.2, 0) is 9.47 Å². The predicted molar refractivity (Wildman–Crippen MR) is 63.8 cm³/mol. The predicted octanol–water partition coefficient (Wildman–Crippen LogP) is -1.81. The number of hydrogen-bond acceptors (Lipinski definition) is 6. The Labute approximate surface area is 108 Å². The average Bonchev–Trinajstić information content (AvgIpc) is 2.78. The number of aromatic amines is 1. The lowest BCUT2D eigenvalue weighted by Gasteiger charge is -2.29. The summed E-state index contributed by atoms with van der Waals surface area (Å²) in [6.07, 6.45) is 0.326. The second kappa shape index (κ2) is 5.25. The Balaban J connectivity index is 2.34. The monoisotopic (exact) mass is 272 g/mol. The van der Waals surface area contributed by atoms with E-state index in [0.29, 0.717) is 0 Å². The third kappa shape index (κ3) is 2.35. The first kappa shape index (κ1) is 13.9. The average molecular weight is 272 g/mol. The number of H-pyrrole nitrogens is 1. The summed E-state index contributed by atoms with van der Waals surface area (Å²) in [5.74, 6) is 0. The van der Waals surface area contributed by atoms with Crippen molar-refractivity contribution < 1.29 is 19.7 Å². The molecule has 1 aliphatic rings. The highest BCUT2D eigenvalue weighted by molar-refractivity contribution is 4.97. The molecule has 8 heteroatoms. The van der Waals surface area contributed by atoms with Gasteiger partial charge in [-0.2, -0.15) is 0 Å². The van der Waals surface area contributed by atoms with Crippen molar-refractivity contribution in [1.29, 1.82) is 0 Å². The van der Waals surface area contributed by atoms with Crippen molar-refractivity contribution in [1.82, 2.24) is 9.55 Å². The van der Waals surface area contributed by atoms with E-state index in [1.165, 1.54) is 23.9 Å². The zero-order chi connectivity index (χ0) is 14.0. The molecular formula is C11H16N2O6.